The molecular weight excluding hydrogens is 198 g/mol. The van der Waals surface area contributed by atoms with Crippen LogP contribution < -0.4 is 0 Å². The third kappa shape index (κ3) is 2.11. The van der Waals surface area contributed by atoms with E-state index in [9.17, 15) is 4.79 Å². The van der Waals surface area contributed by atoms with Crippen LogP contribution >= 0.6 is 0 Å². The van der Waals surface area contributed by atoms with E-state index < -0.39 is 0 Å². The summed E-state index contributed by atoms with van der Waals surface area (Å²) < 4.78 is 0. The highest BCUT2D eigenvalue weighted by molar-refractivity contribution is 5.78. The first kappa shape index (κ1) is 11.2. The number of carbonyl (C=O) groups excluding carboxylic acids is 1. The number of hydrogen-bond acceptors (Lipinski definition) is 1. The SMILES string of the molecule is CCC(C)C(=O)N1CCc2ccccc2C1. The number of amides is 1. The molecule has 1 aromatic rings. The standard InChI is InChI=1S/C14H19NO/c1-3-11(2)14(16)15-9-8-12-6-4-5-7-13(12)10-15/h4-7,11H,3,8-10H2,1-2H3. The summed E-state index contributed by atoms with van der Waals surface area (Å²) in [6.45, 7) is 5.75. The Kier molecular flexibility index (Phi) is 3.28. The van der Waals surface area contributed by atoms with Gasteiger partial charge in [0.05, 0.1) is 0 Å². The zero-order chi connectivity index (χ0) is 11.5. The van der Waals surface area contributed by atoms with Crippen molar-refractivity contribution in [2.45, 2.75) is 33.2 Å². The predicted octanol–water partition coefficient (Wildman–Crippen LogP) is 2.62. The zero-order valence-corrected chi connectivity index (χ0v) is 10.1. The lowest BCUT2D eigenvalue weighted by Crippen LogP contribution is -2.38. The molecule has 1 heterocycles. The molecular formula is C14H19NO. The van der Waals surface area contributed by atoms with Crippen molar-refractivity contribution >= 4 is 5.91 Å². The minimum Gasteiger partial charge on any atom is -0.338 e. The van der Waals surface area contributed by atoms with E-state index in [1.807, 2.05) is 11.8 Å². The Morgan fingerprint density at radius 2 is 2.06 bits per heavy atom. The molecule has 1 atom stereocenters. The van der Waals surface area contributed by atoms with Crippen molar-refractivity contribution in [3.8, 4) is 0 Å². The number of nitrogens with zero attached hydrogens (tertiary/aromatic N) is 1. The molecule has 0 fully saturated rings. The van der Waals surface area contributed by atoms with Gasteiger partial charge in [0.2, 0.25) is 5.91 Å². The predicted molar refractivity (Wildman–Crippen MR) is 65.0 cm³/mol. The molecule has 16 heavy (non-hydrogen) atoms. The van der Waals surface area contributed by atoms with Crippen molar-refractivity contribution in [2.75, 3.05) is 6.54 Å². The summed E-state index contributed by atoms with van der Waals surface area (Å²) in [5.41, 5.74) is 2.71. The maximum Gasteiger partial charge on any atom is 0.225 e. The van der Waals surface area contributed by atoms with Gasteiger partial charge in [0.25, 0.3) is 0 Å². The van der Waals surface area contributed by atoms with E-state index in [4.69, 9.17) is 0 Å². The van der Waals surface area contributed by atoms with Crippen molar-refractivity contribution < 1.29 is 4.79 Å². The van der Waals surface area contributed by atoms with Gasteiger partial charge in [0, 0.05) is 19.0 Å². The molecule has 2 rings (SSSR count). The molecule has 0 saturated heterocycles. The van der Waals surface area contributed by atoms with Crippen LogP contribution in [0, 0.1) is 5.92 Å². The van der Waals surface area contributed by atoms with Crippen molar-refractivity contribution in [3.63, 3.8) is 0 Å². The zero-order valence-electron chi connectivity index (χ0n) is 10.1. The highest BCUT2D eigenvalue weighted by Crippen LogP contribution is 2.20. The Balaban J connectivity index is 2.11. The van der Waals surface area contributed by atoms with Crippen LogP contribution in [0.25, 0.3) is 0 Å². The highest BCUT2D eigenvalue weighted by atomic mass is 16.2. The van der Waals surface area contributed by atoms with Gasteiger partial charge < -0.3 is 4.90 Å². The van der Waals surface area contributed by atoms with Crippen molar-refractivity contribution in [1.82, 2.24) is 4.90 Å². The third-order valence-corrected chi connectivity index (χ3v) is 3.48. The Morgan fingerprint density at radius 1 is 1.38 bits per heavy atom. The maximum absolute atomic E-state index is 12.1. The molecule has 1 aromatic carbocycles. The number of rotatable bonds is 2. The minimum absolute atomic E-state index is 0.158. The quantitative estimate of drug-likeness (QED) is 0.745. The molecule has 0 saturated carbocycles. The molecule has 0 spiro atoms. The van der Waals surface area contributed by atoms with Gasteiger partial charge in [0.1, 0.15) is 0 Å². The first-order valence-corrected chi connectivity index (χ1v) is 6.08. The molecule has 1 unspecified atom stereocenters. The number of hydrogen-bond donors (Lipinski definition) is 0. The average molecular weight is 217 g/mol. The lowest BCUT2D eigenvalue weighted by atomic mass is 9.98. The summed E-state index contributed by atoms with van der Waals surface area (Å²) in [6.07, 6.45) is 1.93. The fourth-order valence-corrected chi connectivity index (χ4v) is 2.17. The summed E-state index contributed by atoms with van der Waals surface area (Å²) in [6, 6.07) is 8.42. The molecule has 0 bridgehead atoms. The monoisotopic (exact) mass is 217 g/mol. The molecule has 1 aliphatic heterocycles. The number of fused-ring (bicyclic) bond motifs is 1. The Bertz CT molecular complexity index is 386. The number of benzene rings is 1. The molecule has 86 valence electrons. The Morgan fingerprint density at radius 3 is 2.75 bits per heavy atom. The van der Waals surface area contributed by atoms with Crippen molar-refractivity contribution in [3.05, 3.63) is 35.4 Å². The van der Waals surface area contributed by atoms with Crippen LogP contribution in [0.2, 0.25) is 0 Å². The highest BCUT2D eigenvalue weighted by Gasteiger charge is 2.23. The van der Waals surface area contributed by atoms with Crippen molar-refractivity contribution in [2.24, 2.45) is 5.92 Å². The fourth-order valence-electron chi connectivity index (χ4n) is 2.17. The molecule has 0 aliphatic carbocycles. The summed E-state index contributed by atoms with van der Waals surface area (Å²) >= 11 is 0. The molecule has 1 aliphatic rings. The van der Waals surface area contributed by atoms with Crippen LogP contribution in [-0.4, -0.2) is 17.4 Å². The second-order valence-electron chi connectivity index (χ2n) is 4.59. The van der Waals surface area contributed by atoms with Gasteiger partial charge in [-0.15, -0.1) is 0 Å². The van der Waals surface area contributed by atoms with E-state index >= 15 is 0 Å². The topological polar surface area (TPSA) is 20.3 Å². The molecule has 0 N–H and O–H groups in total. The molecule has 1 amide bonds. The van der Waals surface area contributed by atoms with Gasteiger partial charge in [-0.05, 0) is 24.0 Å². The molecule has 0 radical (unpaired) electrons. The maximum atomic E-state index is 12.1. The van der Waals surface area contributed by atoms with Crippen LogP contribution in [0.3, 0.4) is 0 Å². The van der Waals surface area contributed by atoms with Gasteiger partial charge in [-0.3, -0.25) is 4.79 Å². The Hall–Kier alpha value is -1.31. The Labute approximate surface area is 97.3 Å². The summed E-state index contributed by atoms with van der Waals surface area (Å²) in [7, 11) is 0. The normalized spacial score (nSPS) is 16.8. The van der Waals surface area contributed by atoms with Gasteiger partial charge in [0.15, 0.2) is 0 Å². The molecule has 0 aromatic heterocycles. The van der Waals surface area contributed by atoms with E-state index in [0.29, 0.717) is 5.91 Å². The van der Waals surface area contributed by atoms with Crippen LogP contribution in [0.5, 0.6) is 0 Å². The minimum atomic E-state index is 0.158. The van der Waals surface area contributed by atoms with Gasteiger partial charge >= 0.3 is 0 Å². The van der Waals surface area contributed by atoms with Gasteiger partial charge in [-0.1, -0.05) is 38.1 Å². The van der Waals surface area contributed by atoms with Gasteiger partial charge in [-0.25, -0.2) is 0 Å². The van der Waals surface area contributed by atoms with Gasteiger partial charge in [-0.2, -0.15) is 0 Å². The fraction of sp³-hybridized carbons (Fsp3) is 0.500. The van der Waals surface area contributed by atoms with Crippen LogP contribution in [0.15, 0.2) is 24.3 Å². The molecule has 2 nitrogen and oxygen atoms in total. The van der Waals surface area contributed by atoms with E-state index in [1.54, 1.807) is 0 Å². The summed E-state index contributed by atoms with van der Waals surface area (Å²) in [4.78, 5) is 14.1. The van der Waals surface area contributed by atoms with E-state index in [1.165, 1.54) is 11.1 Å². The third-order valence-electron chi connectivity index (χ3n) is 3.48. The van der Waals surface area contributed by atoms with E-state index in [0.717, 1.165) is 25.9 Å². The van der Waals surface area contributed by atoms with E-state index in [-0.39, 0.29) is 5.92 Å². The summed E-state index contributed by atoms with van der Waals surface area (Å²) in [5.74, 6) is 0.460. The van der Waals surface area contributed by atoms with Crippen LogP contribution in [0.4, 0.5) is 0 Å². The second kappa shape index (κ2) is 4.69. The van der Waals surface area contributed by atoms with Crippen LogP contribution in [-0.2, 0) is 17.8 Å². The second-order valence-corrected chi connectivity index (χ2v) is 4.59. The van der Waals surface area contributed by atoms with E-state index in [2.05, 4.69) is 31.2 Å². The lowest BCUT2D eigenvalue weighted by Gasteiger charge is -2.30. The van der Waals surface area contributed by atoms with Crippen LogP contribution in [0.1, 0.15) is 31.4 Å². The largest absolute Gasteiger partial charge is 0.338 e. The summed E-state index contributed by atoms with van der Waals surface area (Å²) in [5, 5.41) is 0. The number of carbonyl (C=O) groups is 1. The first-order valence-electron chi connectivity index (χ1n) is 6.08. The molecule has 2 heteroatoms. The van der Waals surface area contributed by atoms with Crippen molar-refractivity contribution in [1.29, 1.82) is 0 Å². The average Bonchev–Trinajstić information content (AvgIpc) is 2.36. The smallest absolute Gasteiger partial charge is 0.225 e. The first-order chi connectivity index (χ1) is 7.72. The lowest BCUT2D eigenvalue weighted by molar-refractivity contribution is -0.136.